The maximum absolute atomic E-state index is 14.0. The van der Waals surface area contributed by atoms with Crippen molar-refractivity contribution in [2.45, 2.75) is 125 Å². The first kappa shape index (κ1) is 45.8. The van der Waals surface area contributed by atoms with Gasteiger partial charge in [-0.3, -0.25) is 28.8 Å². The lowest BCUT2D eigenvalue weighted by Gasteiger charge is -2.34. The van der Waals surface area contributed by atoms with E-state index in [2.05, 4.69) is 20.9 Å². The number of rotatable bonds is 21. The second kappa shape index (κ2) is 21.5. The highest BCUT2D eigenvalue weighted by molar-refractivity contribution is 7.09. The summed E-state index contributed by atoms with van der Waals surface area (Å²) >= 11 is 1.14. The van der Waals surface area contributed by atoms with E-state index in [-0.39, 0.29) is 48.1 Å². The fourth-order valence-electron chi connectivity index (χ4n) is 6.23. The predicted octanol–water partition coefficient (Wildman–Crippen LogP) is 5.40. The Hall–Kier alpha value is -4.33. The van der Waals surface area contributed by atoms with Gasteiger partial charge in [0.05, 0.1) is 5.92 Å². The summed E-state index contributed by atoms with van der Waals surface area (Å²) in [5, 5.41) is 20.4. The molecule has 13 nitrogen and oxygen atoms in total. The molecule has 0 radical (unpaired) electrons. The van der Waals surface area contributed by atoms with E-state index < -0.39 is 65.8 Å². The SMILES string of the molecule is CC[C@H](C)[C@H](NC(=O)C(C(C)C)N(C)C(=O)C(C)C)C(=O)NC(C[C@@H](OC(C)=O)c1nc(C(=O)N[C@@H](Cc2ccccc2)CC(C)C(=O)O)cs1)C(C)C. The lowest BCUT2D eigenvalue weighted by molar-refractivity contribution is -0.147. The maximum Gasteiger partial charge on any atom is 0.306 e. The van der Waals surface area contributed by atoms with Crippen LogP contribution in [0.1, 0.15) is 116 Å². The molecule has 0 bridgehead atoms. The third-order valence-corrected chi connectivity index (χ3v) is 10.5. The standard InChI is InChI=1S/C40H61N5O8S/c1-12-25(8)33(44-37(49)34(23(4)5)45(11)39(50)24(6)7)36(48)42-30(22(2)3)20-32(53-27(10)46)38-43-31(21-54-38)35(47)41-29(18-26(9)40(51)52)19-28-16-14-13-15-17-28/h13-17,21-26,29-30,32-34H,12,18-20H2,1-11H3,(H,41,47)(H,42,48)(H,44,49)(H,51,52)/t25-,26?,29+,30?,32+,33-,34?/m0/s1. The van der Waals surface area contributed by atoms with Crippen LogP contribution < -0.4 is 16.0 Å². The van der Waals surface area contributed by atoms with E-state index >= 15 is 0 Å². The quantitative estimate of drug-likeness (QED) is 0.121. The molecule has 54 heavy (non-hydrogen) atoms. The summed E-state index contributed by atoms with van der Waals surface area (Å²) in [4.78, 5) is 83.8. The molecule has 1 aromatic heterocycles. The molecule has 1 heterocycles. The lowest BCUT2D eigenvalue weighted by Crippen LogP contribution is -2.59. The van der Waals surface area contributed by atoms with E-state index in [9.17, 15) is 33.9 Å². The van der Waals surface area contributed by atoms with Crippen molar-refractivity contribution in [1.29, 1.82) is 0 Å². The number of thiazole rings is 1. The van der Waals surface area contributed by atoms with Crippen LogP contribution in [0.25, 0.3) is 0 Å². The number of carbonyl (C=O) groups is 6. The molecule has 2 aromatic rings. The van der Waals surface area contributed by atoms with Crippen LogP contribution in [-0.4, -0.2) is 81.8 Å². The molecule has 7 atom stereocenters. The molecule has 0 aliphatic heterocycles. The van der Waals surface area contributed by atoms with Gasteiger partial charge >= 0.3 is 11.9 Å². The van der Waals surface area contributed by atoms with Crippen LogP contribution in [0.15, 0.2) is 35.7 Å². The average molecular weight is 772 g/mol. The number of ether oxygens (including phenoxy) is 1. The average Bonchev–Trinajstić information content (AvgIpc) is 3.60. The Labute approximate surface area is 324 Å². The first-order valence-electron chi connectivity index (χ1n) is 18.8. The third-order valence-electron chi connectivity index (χ3n) is 9.61. The zero-order chi connectivity index (χ0) is 40.9. The zero-order valence-electron chi connectivity index (χ0n) is 33.7. The van der Waals surface area contributed by atoms with Gasteiger partial charge in [0.25, 0.3) is 5.91 Å². The van der Waals surface area contributed by atoms with Crippen LogP contribution in [-0.2, 0) is 35.1 Å². The van der Waals surface area contributed by atoms with Crippen molar-refractivity contribution in [2.75, 3.05) is 7.05 Å². The van der Waals surface area contributed by atoms with Gasteiger partial charge in [0.1, 0.15) is 22.8 Å². The summed E-state index contributed by atoms with van der Waals surface area (Å²) < 4.78 is 5.70. The molecule has 0 fully saturated rings. The molecular weight excluding hydrogens is 711 g/mol. The second-order valence-electron chi connectivity index (χ2n) is 15.3. The van der Waals surface area contributed by atoms with Gasteiger partial charge < -0.3 is 30.7 Å². The largest absolute Gasteiger partial charge is 0.481 e. The first-order chi connectivity index (χ1) is 25.3. The van der Waals surface area contributed by atoms with Gasteiger partial charge in [-0.2, -0.15) is 0 Å². The molecule has 0 spiro atoms. The minimum absolute atomic E-state index is 0.0958. The number of carbonyl (C=O) groups excluding carboxylic acids is 5. The Morgan fingerprint density at radius 2 is 1.50 bits per heavy atom. The van der Waals surface area contributed by atoms with Crippen molar-refractivity contribution >= 4 is 46.9 Å². The Bertz CT molecular complexity index is 1560. The highest BCUT2D eigenvalue weighted by Gasteiger charge is 2.36. The summed E-state index contributed by atoms with van der Waals surface area (Å²) in [5.41, 5.74) is 1.04. The monoisotopic (exact) mass is 771 g/mol. The molecule has 0 saturated heterocycles. The Morgan fingerprint density at radius 1 is 0.870 bits per heavy atom. The number of hydrogen-bond donors (Lipinski definition) is 4. The second-order valence-corrected chi connectivity index (χ2v) is 16.2. The topological polar surface area (TPSA) is 184 Å². The van der Waals surface area contributed by atoms with Crippen molar-refractivity contribution in [3.05, 3.63) is 52.0 Å². The van der Waals surface area contributed by atoms with Crippen LogP contribution in [0.3, 0.4) is 0 Å². The zero-order valence-corrected chi connectivity index (χ0v) is 34.5. The number of likely N-dealkylation sites (N-methyl/N-ethyl adjacent to an activating group) is 1. The van der Waals surface area contributed by atoms with E-state index in [4.69, 9.17) is 4.74 Å². The number of hydrogen-bond acceptors (Lipinski definition) is 9. The normalized spacial score (nSPS) is 15.4. The molecule has 0 aliphatic carbocycles. The van der Waals surface area contributed by atoms with Crippen LogP contribution in [0.5, 0.6) is 0 Å². The van der Waals surface area contributed by atoms with Gasteiger partial charge in [-0.1, -0.05) is 99.1 Å². The molecule has 300 valence electrons. The molecule has 1 aromatic carbocycles. The number of nitrogens with one attached hydrogen (secondary N) is 3. The number of carboxylic acid groups (broad SMARTS) is 1. The van der Waals surface area contributed by atoms with E-state index in [0.717, 1.165) is 16.9 Å². The predicted molar refractivity (Wildman–Crippen MR) is 208 cm³/mol. The molecular formula is C40H61N5O8S. The van der Waals surface area contributed by atoms with Crippen LogP contribution in [0, 0.1) is 29.6 Å². The van der Waals surface area contributed by atoms with Gasteiger partial charge in [-0.25, -0.2) is 4.98 Å². The van der Waals surface area contributed by atoms with Crippen molar-refractivity contribution < 1.29 is 38.6 Å². The molecule has 2 rings (SSSR count). The van der Waals surface area contributed by atoms with Crippen molar-refractivity contribution in [1.82, 2.24) is 25.8 Å². The van der Waals surface area contributed by atoms with Crippen molar-refractivity contribution in [3.63, 3.8) is 0 Å². The van der Waals surface area contributed by atoms with Gasteiger partial charge in [-0.15, -0.1) is 11.3 Å². The minimum atomic E-state index is -0.961. The van der Waals surface area contributed by atoms with Gasteiger partial charge in [0.2, 0.25) is 17.7 Å². The Balaban J connectivity index is 2.31. The molecule has 0 aliphatic rings. The number of aliphatic carboxylic acids is 1. The van der Waals surface area contributed by atoms with Crippen molar-refractivity contribution in [2.24, 2.45) is 29.6 Å². The number of benzene rings is 1. The van der Waals surface area contributed by atoms with Crippen LogP contribution in [0.2, 0.25) is 0 Å². The number of nitrogens with zero attached hydrogens (tertiary/aromatic N) is 2. The summed E-state index contributed by atoms with van der Waals surface area (Å²) in [7, 11) is 1.60. The lowest BCUT2D eigenvalue weighted by atomic mass is 9.93. The van der Waals surface area contributed by atoms with Gasteiger partial charge in [0.15, 0.2) is 6.10 Å². The molecule has 14 heteroatoms. The fraction of sp³-hybridized carbons (Fsp3) is 0.625. The molecule has 4 N–H and O–H groups in total. The number of amides is 4. The summed E-state index contributed by atoms with van der Waals surface area (Å²) in [5.74, 6) is -4.58. The highest BCUT2D eigenvalue weighted by Crippen LogP contribution is 2.29. The maximum atomic E-state index is 14.0. The summed E-state index contributed by atoms with van der Waals surface area (Å²) in [6.07, 6.45) is 0.481. The molecule has 3 unspecified atom stereocenters. The van der Waals surface area contributed by atoms with E-state index in [1.807, 2.05) is 71.9 Å². The van der Waals surface area contributed by atoms with Crippen molar-refractivity contribution in [3.8, 4) is 0 Å². The smallest absolute Gasteiger partial charge is 0.306 e. The third kappa shape index (κ3) is 13.8. The van der Waals surface area contributed by atoms with Crippen LogP contribution >= 0.6 is 11.3 Å². The molecule has 0 saturated carbocycles. The summed E-state index contributed by atoms with van der Waals surface area (Å²) in [6, 6.07) is 6.78. The Morgan fingerprint density at radius 3 is 2.02 bits per heavy atom. The van der Waals surface area contributed by atoms with Gasteiger partial charge in [0, 0.05) is 43.8 Å². The molecule has 4 amide bonds. The highest BCUT2D eigenvalue weighted by atomic mass is 32.1. The number of carboxylic acids is 1. The van der Waals surface area contributed by atoms with Crippen LogP contribution in [0.4, 0.5) is 0 Å². The first-order valence-corrected chi connectivity index (χ1v) is 19.7. The Kier molecular flexibility index (Phi) is 18.3. The van der Waals surface area contributed by atoms with E-state index in [1.54, 1.807) is 33.2 Å². The minimum Gasteiger partial charge on any atom is -0.481 e. The van der Waals surface area contributed by atoms with E-state index in [1.165, 1.54) is 11.8 Å². The number of esters is 1. The van der Waals surface area contributed by atoms with E-state index in [0.29, 0.717) is 17.8 Å². The summed E-state index contributed by atoms with van der Waals surface area (Å²) in [6.45, 7) is 17.8. The fourth-order valence-corrected chi connectivity index (χ4v) is 7.07. The van der Waals surface area contributed by atoms with Gasteiger partial charge in [-0.05, 0) is 36.2 Å². The number of aromatic nitrogens is 1.